The van der Waals surface area contributed by atoms with Gasteiger partial charge in [-0.2, -0.15) is 4.98 Å². The molecule has 1 aliphatic rings. The monoisotopic (exact) mass is 337 g/mol. The molecule has 1 aliphatic carbocycles. The highest BCUT2D eigenvalue weighted by molar-refractivity contribution is 6.04. The van der Waals surface area contributed by atoms with Crippen molar-refractivity contribution in [1.29, 1.82) is 0 Å². The Morgan fingerprint density at radius 2 is 2.08 bits per heavy atom. The number of aromatic nitrogens is 2. The van der Waals surface area contributed by atoms with Crippen LogP contribution >= 0.6 is 0 Å². The van der Waals surface area contributed by atoms with Gasteiger partial charge in [0.05, 0.1) is 0 Å². The van der Waals surface area contributed by atoms with E-state index in [0.29, 0.717) is 28.9 Å². The van der Waals surface area contributed by atoms with E-state index in [1.165, 1.54) is 6.07 Å². The van der Waals surface area contributed by atoms with E-state index < -0.39 is 5.82 Å². The second-order valence-electron chi connectivity index (χ2n) is 6.23. The molecule has 5 nitrogen and oxygen atoms in total. The number of rotatable bonds is 4. The minimum Gasteiger partial charge on any atom is -0.339 e. The highest BCUT2D eigenvalue weighted by Crippen LogP contribution is 2.39. The summed E-state index contributed by atoms with van der Waals surface area (Å²) in [5.41, 5.74) is 2.11. The number of carbonyl (C=O) groups excluding carboxylic acids is 1. The Morgan fingerprint density at radius 1 is 1.24 bits per heavy atom. The molecule has 3 aromatic rings. The lowest BCUT2D eigenvalue weighted by Crippen LogP contribution is -2.12. The molecular formula is C19H16FN3O2. The largest absolute Gasteiger partial charge is 0.339 e. The van der Waals surface area contributed by atoms with Crippen molar-refractivity contribution >= 4 is 11.6 Å². The molecule has 0 unspecified atom stereocenters. The molecule has 1 fully saturated rings. The van der Waals surface area contributed by atoms with Gasteiger partial charge in [-0.25, -0.2) is 4.39 Å². The standard InChI is InChI=1S/C19H16FN3O2/c1-11-5-6-14(10-16(11)20)18(24)21-15-4-2-3-13(9-15)17-22-19(25-23-17)12-7-8-12/h2-6,9-10,12H,7-8H2,1H3,(H,21,24). The van der Waals surface area contributed by atoms with Crippen molar-refractivity contribution in [3.63, 3.8) is 0 Å². The van der Waals surface area contributed by atoms with Gasteiger partial charge in [0.25, 0.3) is 5.91 Å². The molecule has 1 N–H and O–H groups in total. The number of aryl methyl sites for hydroxylation is 1. The zero-order valence-corrected chi connectivity index (χ0v) is 13.6. The topological polar surface area (TPSA) is 68.0 Å². The van der Waals surface area contributed by atoms with E-state index in [0.717, 1.165) is 18.4 Å². The van der Waals surface area contributed by atoms with Gasteiger partial charge in [-0.15, -0.1) is 0 Å². The molecule has 126 valence electrons. The van der Waals surface area contributed by atoms with Gasteiger partial charge in [0.15, 0.2) is 0 Å². The number of hydrogen-bond acceptors (Lipinski definition) is 4. The van der Waals surface area contributed by atoms with Crippen molar-refractivity contribution in [2.75, 3.05) is 5.32 Å². The Labute approximate surface area is 143 Å². The number of benzene rings is 2. The molecule has 0 bridgehead atoms. The summed E-state index contributed by atoms with van der Waals surface area (Å²) in [5.74, 6) is 0.781. The number of amides is 1. The third kappa shape index (κ3) is 3.28. The molecule has 2 aromatic carbocycles. The van der Waals surface area contributed by atoms with E-state index >= 15 is 0 Å². The van der Waals surface area contributed by atoms with Crippen LogP contribution in [-0.2, 0) is 0 Å². The lowest BCUT2D eigenvalue weighted by molar-refractivity contribution is 0.102. The summed E-state index contributed by atoms with van der Waals surface area (Å²) in [7, 11) is 0. The van der Waals surface area contributed by atoms with Crippen molar-refractivity contribution in [3.8, 4) is 11.4 Å². The molecule has 4 rings (SSSR count). The second kappa shape index (κ2) is 6.12. The van der Waals surface area contributed by atoms with Crippen LogP contribution in [0.15, 0.2) is 47.0 Å². The SMILES string of the molecule is Cc1ccc(C(=O)Nc2cccc(-c3noc(C4CC4)n3)c2)cc1F. The third-order valence-corrected chi connectivity index (χ3v) is 4.18. The molecule has 25 heavy (non-hydrogen) atoms. The van der Waals surface area contributed by atoms with Gasteiger partial charge in [0.1, 0.15) is 5.82 Å². The number of carbonyl (C=O) groups is 1. The van der Waals surface area contributed by atoms with Crippen LogP contribution in [-0.4, -0.2) is 16.0 Å². The molecular weight excluding hydrogens is 321 g/mol. The first kappa shape index (κ1) is 15.5. The normalized spacial score (nSPS) is 13.7. The van der Waals surface area contributed by atoms with Gasteiger partial charge in [0, 0.05) is 22.7 Å². The van der Waals surface area contributed by atoms with Crippen LogP contribution in [0.3, 0.4) is 0 Å². The first-order chi connectivity index (χ1) is 12.1. The first-order valence-electron chi connectivity index (χ1n) is 8.12. The molecule has 1 aromatic heterocycles. The molecule has 1 heterocycles. The van der Waals surface area contributed by atoms with Gasteiger partial charge >= 0.3 is 0 Å². The fourth-order valence-corrected chi connectivity index (χ4v) is 2.52. The van der Waals surface area contributed by atoms with Crippen molar-refractivity contribution < 1.29 is 13.7 Å². The second-order valence-corrected chi connectivity index (χ2v) is 6.23. The van der Waals surface area contributed by atoms with E-state index in [1.807, 2.05) is 6.07 Å². The van der Waals surface area contributed by atoms with E-state index in [9.17, 15) is 9.18 Å². The van der Waals surface area contributed by atoms with Gasteiger partial charge in [-0.05, 0) is 49.6 Å². The van der Waals surface area contributed by atoms with Crippen LogP contribution in [0.4, 0.5) is 10.1 Å². The maximum Gasteiger partial charge on any atom is 0.255 e. The van der Waals surface area contributed by atoms with E-state index in [1.54, 1.807) is 37.3 Å². The number of anilines is 1. The maximum atomic E-state index is 13.6. The smallest absolute Gasteiger partial charge is 0.255 e. The molecule has 0 aliphatic heterocycles. The number of halogens is 1. The lowest BCUT2D eigenvalue weighted by atomic mass is 10.1. The molecule has 0 atom stereocenters. The minimum absolute atomic E-state index is 0.268. The van der Waals surface area contributed by atoms with Gasteiger partial charge in [-0.3, -0.25) is 4.79 Å². The molecule has 6 heteroatoms. The molecule has 1 amide bonds. The minimum atomic E-state index is -0.402. The third-order valence-electron chi connectivity index (χ3n) is 4.18. The molecule has 0 spiro atoms. The molecule has 0 saturated heterocycles. The summed E-state index contributed by atoms with van der Waals surface area (Å²) in [6.07, 6.45) is 2.18. The van der Waals surface area contributed by atoms with E-state index in [4.69, 9.17) is 4.52 Å². The Morgan fingerprint density at radius 3 is 2.84 bits per heavy atom. The highest BCUT2D eigenvalue weighted by Gasteiger charge is 2.29. The average Bonchev–Trinajstić information content (AvgIpc) is 3.34. The van der Waals surface area contributed by atoms with Gasteiger partial charge < -0.3 is 9.84 Å². The summed E-state index contributed by atoms with van der Waals surface area (Å²) in [6, 6.07) is 11.6. The van der Waals surface area contributed by atoms with Crippen molar-refractivity contribution in [2.45, 2.75) is 25.7 Å². The van der Waals surface area contributed by atoms with Gasteiger partial charge in [0.2, 0.25) is 11.7 Å². The van der Waals surface area contributed by atoms with Crippen LogP contribution in [0.1, 0.15) is 40.6 Å². The Kier molecular flexibility index (Phi) is 3.80. The summed E-state index contributed by atoms with van der Waals surface area (Å²) in [5, 5.41) is 6.76. The summed E-state index contributed by atoms with van der Waals surface area (Å²) >= 11 is 0. The van der Waals surface area contributed by atoms with Crippen LogP contribution in [0.25, 0.3) is 11.4 Å². The van der Waals surface area contributed by atoms with Crippen LogP contribution < -0.4 is 5.32 Å². The summed E-state index contributed by atoms with van der Waals surface area (Å²) in [4.78, 5) is 16.7. The fraction of sp³-hybridized carbons (Fsp3) is 0.211. The first-order valence-corrected chi connectivity index (χ1v) is 8.12. The fourth-order valence-electron chi connectivity index (χ4n) is 2.52. The predicted octanol–water partition coefficient (Wildman–Crippen LogP) is 4.31. The molecule has 1 saturated carbocycles. The highest BCUT2D eigenvalue weighted by atomic mass is 19.1. The Bertz CT molecular complexity index is 947. The van der Waals surface area contributed by atoms with E-state index in [2.05, 4.69) is 15.5 Å². The van der Waals surface area contributed by atoms with Crippen molar-refractivity contribution in [2.24, 2.45) is 0 Å². The maximum absolute atomic E-state index is 13.6. The number of hydrogen-bond donors (Lipinski definition) is 1. The number of nitrogens with one attached hydrogen (secondary N) is 1. The van der Waals surface area contributed by atoms with E-state index in [-0.39, 0.29) is 11.5 Å². The van der Waals surface area contributed by atoms with Crippen LogP contribution in [0, 0.1) is 12.7 Å². The predicted molar refractivity (Wildman–Crippen MR) is 90.8 cm³/mol. The van der Waals surface area contributed by atoms with Crippen LogP contribution in [0.5, 0.6) is 0 Å². The number of nitrogens with zero attached hydrogens (tertiary/aromatic N) is 2. The zero-order valence-electron chi connectivity index (χ0n) is 13.6. The molecule has 0 radical (unpaired) electrons. The summed E-state index contributed by atoms with van der Waals surface area (Å²) < 4.78 is 18.9. The summed E-state index contributed by atoms with van der Waals surface area (Å²) in [6.45, 7) is 1.65. The Balaban J connectivity index is 1.54. The average molecular weight is 337 g/mol. The van der Waals surface area contributed by atoms with Crippen molar-refractivity contribution in [3.05, 3.63) is 65.3 Å². The lowest BCUT2D eigenvalue weighted by Gasteiger charge is -2.07. The Hall–Kier alpha value is -3.02. The van der Waals surface area contributed by atoms with Crippen molar-refractivity contribution in [1.82, 2.24) is 10.1 Å². The van der Waals surface area contributed by atoms with Crippen LogP contribution in [0.2, 0.25) is 0 Å². The zero-order chi connectivity index (χ0) is 17.4. The van der Waals surface area contributed by atoms with Gasteiger partial charge in [-0.1, -0.05) is 23.4 Å². The quantitative estimate of drug-likeness (QED) is 0.770.